The molecule has 1 aromatic rings. The Balaban J connectivity index is 1.92. The quantitative estimate of drug-likeness (QED) is 0.602. The first-order valence-electron chi connectivity index (χ1n) is 5.82. The van der Waals surface area contributed by atoms with Gasteiger partial charge in [0, 0.05) is 19.3 Å². The van der Waals surface area contributed by atoms with E-state index in [0.29, 0.717) is 19.1 Å². The molecule has 1 aromatic heterocycles. The van der Waals surface area contributed by atoms with Crippen molar-refractivity contribution in [2.45, 2.75) is 19.6 Å². The number of hydrogen-bond donors (Lipinski definition) is 1. The second-order valence-electron chi connectivity index (χ2n) is 4.12. The third kappa shape index (κ3) is 3.42. The number of aliphatic imine (C=N–C) groups is 1. The Morgan fingerprint density at radius 3 is 3.24 bits per heavy atom. The summed E-state index contributed by atoms with van der Waals surface area (Å²) in [5, 5.41) is 0. The fourth-order valence-electron chi connectivity index (χ4n) is 1.78. The van der Waals surface area contributed by atoms with Crippen molar-refractivity contribution in [2.24, 2.45) is 10.7 Å². The number of guanidine groups is 1. The standard InChI is InChI=1S/C12H18N4O/c1-10-9-16(6-7-17-10)12(13)15-8-11-4-2-3-5-14-11/h2-5,10H,6-9H2,1H3,(H2,13,15). The Kier molecular flexibility index (Phi) is 3.93. The van der Waals surface area contributed by atoms with E-state index in [4.69, 9.17) is 10.5 Å². The molecule has 0 radical (unpaired) electrons. The van der Waals surface area contributed by atoms with Crippen molar-refractivity contribution in [1.82, 2.24) is 9.88 Å². The van der Waals surface area contributed by atoms with Gasteiger partial charge in [-0.15, -0.1) is 0 Å². The van der Waals surface area contributed by atoms with Crippen LogP contribution in [0.1, 0.15) is 12.6 Å². The van der Waals surface area contributed by atoms with Crippen LogP contribution in [-0.2, 0) is 11.3 Å². The molecule has 0 spiro atoms. The first-order valence-corrected chi connectivity index (χ1v) is 5.82. The van der Waals surface area contributed by atoms with Gasteiger partial charge >= 0.3 is 0 Å². The zero-order valence-corrected chi connectivity index (χ0v) is 10.0. The molecule has 0 bridgehead atoms. The van der Waals surface area contributed by atoms with Gasteiger partial charge in [-0.3, -0.25) is 4.98 Å². The van der Waals surface area contributed by atoms with Crippen LogP contribution >= 0.6 is 0 Å². The number of nitrogens with zero attached hydrogens (tertiary/aromatic N) is 3. The number of rotatable bonds is 2. The molecule has 17 heavy (non-hydrogen) atoms. The van der Waals surface area contributed by atoms with Crippen LogP contribution in [0, 0.1) is 0 Å². The van der Waals surface area contributed by atoms with Gasteiger partial charge in [-0.1, -0.05) is 6.07 Å². The Bertz CT molecular complexity index is 379. The predicted molar refractivity (Wildman–Crippen MR) is 66.6 cm³/mol. The van der Waals surface area contributed by atoms with E-state index in [0.717, 1.165) is 18.8 Å². The average Bonchev–Trinajstić information content (AvgIpc) is 2.37. The maximum atomic E-state index is 5.95. The largest absolute Gasteiger partial charge is 0.375 e. The highest BCUT2D eigenvalue weighted by Gasteiger charge is 2.17. The zero-order chi connectivity index (χ0) is 12.1. The Morgan fingerprint density at radius 1 is 1.65 bits per heavy atom. The van der Waals surface area contributed by atoms with Crippen molar-refractivity contribution in [3.63, 3.8) is 0 Å². The highest BCUT2D eigenvalue weighted by molar-refractivity contribution is 5.78. The summed E-state index contributed by atoms with van der Waals surface area (Å²) in [5.41, 5.74) is 6.88. The zero-order valence-electron chi connectivity index (χ0n) is 10.0. The van der Waals surface area contributed by atoms with E-state index in [1.807, 2.05) is 25.1 Å². The van der Waals surface area contributed by atoms with E-state index < -0.39 is 0 Å². The van der Waals surface area contributed by atoms with Crippen LogP contribution in [0.5, 0.6) is 0 Å². The Morgan fingerprint density at radius 2 is 2.53 bits per heavy atom. The van der Waals surface area contributed by atoms with Gasteiger partial charge in [-0.2, -0.15) is 0 Å². The lowest BCUT2D eigenvalue weighted by atomic mass is 10.3. The molecule has 5 nitrogen and oxygen atoms in total. The van der Waals surface area contributed by atoms with Crippen LogP contribution in [-0.4, -0.2) is 41.6 Å². The predicted octanol–water partition coefficient (Wildman–Crippen LogP) is 0.617. The second-order valence-corrected chi connectivity index (χ2v) is 4.12. The summed E-state index contributed by atoms with van der Waals surface area (Å²) < 4.78 is 5.46. The van der Waals surface area contributed by atoms with Crippen molar-refractivity contribution in [2.75, 3.05) is 19.7 Å². The number of nitrogens with two attached hydrogens (primary N) is 1. The van der Waals surface area contributed by atoms with Gasteiger partial charge in [0.15, 0.2) is 5.96 Å². The third-order valence-corrected chi connectivity index (χ3v) is 2.69. The van der Waals surface area contributed by atoms with E-state index in [1.54, 1.807) is 6.20 Å². The van der Waals surface area contributed by atoms with Crippen molar-refractivity contribution < 1.29 is 4.74 Å². The van der Waals surface area contributed by atoms with E-state index in [2.05, 4.69) is 14.9 Å². The summed E-state index contributed by atoms with van der Waals surface area (Å²) in [6.45, 7) is 4.89. The van der Waals surface area contributed by atoms with E-state index in [-0.39, 0.29) is 6.10 Å². The molecule has 2 N–H and O–H groups in total. The minimum Gasteiger partial charge on any atom is -0.375 e. The summed E-state index contributed by atoms with van der Waals surface area (Å²) in [5.74, 6) is 0.575. The molecule has 1 atom stereocenters. The van der Waals surface area contributed by atoms with Gasteiger partial charge in [0.1, 0.15) is 0 Å². The maximum Gasteiger partial charge on any atom is 0.191 e. The molecule has 0 amide bonds. The van der Waals surface area contributed by atoms with Crippen LogP contribution in [0.25, 0.3) is 0 Å². The Hall–Kier alpha value is -1.62. The van der Waals surface area contributed by atoms with Crippen LogP contribution < -0.4 is 5.73 Å². The van der Waals surface area contributed by atoms with E-state index in [9.17, 15) is 0 Å². The van der Waals surface area contributed by atoms with Crippen molar-refractivity contribution in [3.8, 4) is 0 Å². The van der Waals surface area contributed by atoms with Crippen LogP contribution in [0.4, 0.5) is 0 Å². The molecule has 0 aliphatic carbocycles. The minimum absolute atomic E-state index is 0.215. The maximum absolute atomic E-state index is 5.95. The molecule has 92 valence electrons. The van der Waals surface area contributed by atoms with E-state index >= 15 is 0 Å². The molecule has 2 heterocycles. The molecule has 0 aromatic carbocycles. The fourth-order valence-corrected chi connectivity index (χ4v) is 1.78. The number of ether oxygens (including phenoxy) is 1. The number of hydrogen-bond acceptors (Lipinski definition) is 3. The summed E-state index contributed by atoms with van der Waals surface area (Å²) in [7, 11) is 0. The fraction of sp³-hybridized carbons (Fsp3) is 0.500. The number of pyridine rings is 1. The summed E-state index contributed by atoms with van der Waals surface area (Å²) in [4.78, 5) is 10.6. The number of aromatic nitrogens is 1. The third-order valence-electron chi connectivity index (χ3n) is 2.69. The van der Waals surface area contributed by atoms with E-state index in [1.165, 1.54) is 0 Å². The van der Waals surface area contributed by atoms with Crippen LogP contribution in [0.3, 0.4) is 0 Å². The normalized spacial score (nSPS) is 21.6. The molecule has 1 aliphatic rings. The average molecular weight is 234 g/mol. The number of morpholine rings is 1. The van der Waals surface area contributed by atoms with Crippen molar-refractivity contribution >= 4 is 5.96 Å². The topological polar surface area (TPSA) is 63.7 Å². The van der Waals surface area contributed by atoms with Gasteiger partial charge in [0.2, 0.25) is 0 Å². The summed E-state index contributed by atoms with van der Waals surface area (Å²) >= 11 is 0. The summed E-state index contributed by atoms with van der Waals surface area (Å²) in [6.07, 6.45) is 1.98. The highest BCUT2D eigenvalue weighted by atomic mass is 16.5. The SMILES string of the molecule is CC1CN(C(N)=NCc2ccccn2)CCO1. The lowest BCUT2D eigenvalue weighted by molar-refractivity contribution is 0.00528. The molecule has 1 fully saturated rings. The van der Waals surface area contributed by atoms with Gasteiger partial charge < -0.3 is 15.4 Å². The Labute approximate surface area is 101 Å². The van der Waals surface area contributed by atoms with Gasteiger partial charge in [0.05, 0.1) is 24.9 Å². The van der Waals surface area contributed by atoms with Gasteiger partial charge in [-0.25, -0.2) is 4.99 Å². The summed E-state index contributed by atoms with van der Waals surface area (Å²) in [6, 6.07) is 5.78. The molecular weight excluding hydrogens is 216 g/mol. The lowest BCUT2D eigenvalue weighted by Gasteiger charge is -2.31. The first kappa shape index (κ1) is 11.9. The molecule has 5 heteroatoms. The second kappa shape index (κ2) is 5.63. The molecule has 2 rings (SSSR count). The first-order chi connectivity index (χ1) is 8.25. The molecule has 0 saturated carbocycles. The van der Waals surface area contributed by atoms with Gasteiger partial charge in [-0.05, 0) is 19.1 Å². The molecular formula is C12H18N4O. The molecule has 1 saturated heterocycles. The van der Waals surface area contributed by atoms with Crippen LogP contribution in [0.2, 0.25) is 0 Å². The molecule has 1 unspecified atom stereocenters. The molecule has 1 aliphatic heterocycles. The lowest BCUT2D eigenvalue weighted by Crippen LogP contribution is -2.47. The van der Waals surface area contributed by atoms with Crippen molar-refractivity contribution in [3.05, 3.63) is 30.1 Å². The van der Waals surface area contributed by atoms with Crippen LogP contribution in [0.15, 0.2) is 29.4 Å². The highest BCUT2D eigenvalue weighted by Crippen LogP contribution is 2.04. The van der Waals surface area contributed by atoms with Crippen molar-refractivity contribution in [1.29, 1.82) is 0 Å². The smallest absolute Gasteiger partial charge is 0.191 e. The monoisotopic (exact) mass is 234 g/mol. The minimum atomic E-state index is 0.215. The van der Waals surface area contributed by atoms with Gasteiger partial charge in [0.25, 0.3) is 0 Å².